The fourth-order valence-electron chi connectivity index (χ4n) is 5.33. The predicted octanol–water partition coefficient (Wildman–Crippen LogP) is 6.62. The van der Waals surface area contributed by atoms with E-state index in [4.69, 9.17) is 25.8 Å². The molecule has 3 atom stereocenters. The van der Waals surface area contributed by atoms with E-state index in [1.54, 1.807) is 45.9 Å². The minimum Gasteiger partial charge on any atom is -0.444 e. The predicted molar refractivity (Wildman–Crippen MR) is 161 cm³/mol. The van der Waals surface area contributed by atoms with Crippen LogP contribution in [0.3, 0.4) is 0 Å². The number of aliphatic imine (C=N–C) groups is 1. The SMILES string of the molecule is CO[C@@H]1C[C@H](N2C(=O)C[C@@](C)(c3cccc(NC(=O)OCc4ccccc4)c3Cl)N/C2=N\C(=O)OC(C)(C)C)CCC1(F)F. The standard InChI is InChI=1S/C31H37ClF2N4O6/c1-29(2,3)44-28(41)36-26-37-30(4,17-24(39)38(26)20-14-15-31(33,34)23(16-20)42-5)21-12-9-13-22(25(21)32)35-27(40)43-18-19-10-7-6-8-11-19/h6-13,20,23H,14-18H2,1-5H3,(H,35,40)(H,36,37,41)/t20-,23-,30+/m1/s1. The van der Waals surface area contributed by atoms with E-state index in [0.717, 1.165) is 5.56 Å². The normalized spacial score (nSPS) is 24.4. The molecule has 2 fully saturated rings. The molecule has 1 saturated heterocycles. The first-order chi connectivity index (χ1) is 20.6. The summed E-state index contributed by atoms with van der Waals surface area (Å²) in [7, 11) is 1.20. The molecule has 0 unspecified atom stereocenters. The van der Waals surface area contributed by atoms with Crippen LogP contribution in [-0.2, 0) is 31.2 Å². The van der Waals surface area contributed by atoms with Gasteiger partial charge in [-0.05, 0) is 51.3 Å². The van der Waals surface area contributed by atoms with Crippen LogP contribution in [0.15, 0.2) is 53.5 Å². The van der Waals surface area contributed by atoms with Gasteiger partial charge in [-0.15, -0.1) is 4.99 Å². The van der Waals surface area contributed by atoms with E-state index in [2.05, 4.69) is 15.6 Å². The van der Waals surface area contributed by atoms with Gasteiger partial charge < -0.3 is 19.5 Å². The maximum Gasteiger partial charge on any atom is 0.437 e. The largest absolute Gasteiger partial charge is 0.444 e. The van der Waals surface area contributed by atoms with E-state index in [0.29, 0.717) is 5.56 Å². The Balaban J connectivity index is 1.61. The molecule has 2 N–H and O–H groups in total. The molecule has 0 radical (unpaired) electrons. The molecular weight excluding hydrogens is 598 g/mol. The second-order valence-corrected chi connectivity index (χ2v) is 12.5. The minimum absolute atomic E-state index is 0.0322. The van der Waals surface area contributed by atoms with Crippen LogP contribution >= 0.6 is 11.6 Å². The van der Waals surface area contributed by atoms with Crippen molar-refractivity contribution in [3.05, 3.63) is 64.7 Å². The van der Waals surface area contributed by atoms with Crippen molar-refractivity contribution in [1.29, 1.82) is 0 Å². The number of alkyl halides is 2. The lowest BCUT2D eigenvalue weighted by molar-refractivity contribution is -0.161. The lowest BCUT2D eigenvalue weighted by Gasteiger charge is -2.47. The summed E-state index contributed by atoms with van der Waals surface area (Å²) in [6.45, 7) is 6.75. The second-order valence-electron chi connectivity index (χ2n) is 12.1. The molecule has 0 bridgehead atoms. The highest BCUT2D eigenvalue weighted by atomic mass is 35.5. The summed E-state index contributed by atoms with van der Waals surface area (Å²) in [5.74, 6) is -3.67. The van der Waals surface area contributed by atoms with Crippen molar-refractivity contribution in [2.24, 2.45) is 4.99 Å². The highest BCUT2D eigenvalue weighted by Gasteiger charge is 2.50. The van der Waals surface area contributed by atoms with Gasteiger partial charge in [-0.3, -0.25) is 15.0 Å². The fraction of sp³-hybridized carbons (Fsp3) is 0.484. The summed E-state index contributed by atoms with van der Waals surface area (Å²) < 4.78 is 44.6. The molecule has 1 aliphatic heterocycles. The molecule has 238 valence electrons. The summed E-state index contributed by atoms with van der Waals surface area (Å²) in [4.78, 5) is 44.5. The Bertz CT molecular complexity index is 1420. The van der Waals surface area contributed by atoms with Crippen LogP contribution in [0.2, 0.25) is 5.02 Å². The van der Waals surface area contributed by atoms with Crippen LogP contribution in [0.25, 0.3) is 0 Å². The van der Waals surface area contributed by atoms with Gasteiger partial charge in [0.05, 0.1) is 22.7 Å². The first kappa shape index (κ1) is 33.1. The van der Waals surface area contributed by atoms with Crippen LogP contribution in [-0.4, -0.2) is 59.7 Å². The number of carbonyl (C=O) groups is 3. The molecule has 0 spiro atoms. The van der Waals surface area contributed by atoms with Gasteiger partial charge in [0.25, 0.3) is 5.92 Å². The van der Waals surface area contributed by atoms with E-state index in [1.165, 1.54) is 12.0 Å². The third-order valence-corrected chi connectivity index (χ3v) is 7.85. The number of nitrogens with one attached hydrogen (secondary N) is 2. The Morgan fingerprint density at radius 1 is 1.16 bits per heavy atom. The fourth-order valence-corrected chi connectivity index (χ4v) is 5.72. The molecule has 2 aliphatic rings. The maximum absolute atomic E-state index is 14.4. The van der Waals surface area contributed by atoms with Gasteiger partial charge in [0.15, 0.2) is 0 Å². The average Bonchev–Trinajstić information content (AvgIpc) is 2.92. The molecule has 13 heteroatoms. The van der Waals surface area contributed by atoms with Crippen molar-refractivity contribution in [3.63, 3.8) is 0 Å². The molecule has 2 aromatic carbocycles. The number of benzene rings is 2. The molecule has 44 heavy (non-hydrogen) atoms. The lowest BCUT2D eigenvalue weighted by Crippen LogP contribution is -2.64. The number of anilines is 1. The van der Waals surface area contributed by atoms with E-state index in [-0.39, 0.29) is 42.5 Å². The van der Waals surface area contributed by atoms with E-state index >= 15 is 0 Å². The third-order valence-electron chi connectivity index (χ3n) is 7.44. The van der Waals surface area contributed by atoms with Gasteiger partial charge >= 0.3 is 12.2 Å². The monoisotopic (exact) mass is 634 g/mol. The quantitative estimate of drug-likeness (QED) is 0.367. The Morgan fingerprint density at radius 3 is 2.52 bits per heavy atom. The highest BCUT2D eigenvalue weighted by molar-refractivity contribution is 6.34. The van der Waals surface area contributed by atoms with Gasteiger partial charge in [-0.2, -0.15) is 0 Å². The number of nitrogens with zero attached hydrogens (tertiary/aromatic N) is 2. The van der Waals surface area contributed by atoms with Crippen LogP contribution < -0.4 is 10.6 Å². The Morgan fingerprint density at radius 2 is 1.86 bits per heavy atom. The molecule has 1 saturated carbocycles. The van der Waals surface area contributed by atoms with Crippen LogP contribution in [0, 0.1) is 0 Å². The van der Waals surface area contributed by atoms with E-state index in [1.807, 2.05) is 30.3 Å². The molecule has 0 aromatic heterocycles. The Kier molecular flexibility index (Phi) is 9.84. The van der Waals surface area contributed by atoms with Gasteiger partial charge in [0.2, 0.25) is 11.9 Å². The number of rotatable bonds is 6. The van der Waals surface area contributed by atoms with E-state index < -0.39 is 53.7 Å². The van der Waals surface area contributed by atoms with Crippen molar-refractivity contribution in [1.82, 2.24) is 10.2 Å². The molecular formula is C31H37ClF2N4O6. The van der Waals surface area contributed by atoms with Crippen LogP contribution in [0.1, 0.15) is 64.5 Å². The van der Waals surface area contributed by atoms with Crippen molar-refractivity contribution < 1.29 is 37.4 Å². The Hall–Kier alpha value is -3.77. The first-order valence-corrected chi connectivity index (χ1v) is 14.6. The van der Waals surface area contributed by atoms with Crippen LogP contribution in [0.4, 0.5) is 24.1 Å². The zero-order valence-electron chi connectivity index (χ0n) is 25.3. The number of halogens is 3. The number of amides is 3. The smallest absolute Gasteiger partial charge is 0.437 e. The van der Waals surface area contributed by atoms with Crippen molar-refractivity contribution in [3.8, 4) is 0 Å². The summed E-state index contributed by atoms with van der Waals surface area (Å²) in [5.41, 5.74) is -0.616. The van der Waals surface area contributed by atoms with Crippen LogP contribution in [0.5, 0.6) is 0 Å². The minimum atomic E-state index is -3.06. The molecule has 2 aromatic rings. The number of hydrogen-bond acceptors (Lipinski definition) is 6. The van der Waals surface area contributed by atoms with Gasteiger partial charge in [0, 0.05) is 26.0 Å². The molecule has 10 nitrogen and oxygen atoms in total. The highest BCUT2D eigenvalue weighted by Crippen LogP contribution is 2.41. The summed E-state index contributed by atoms with van der Waals surface area (Å²) in [5, 5.41) is 5.92. The number of carbonyl (C=O) groups excluding carboxylic acids is 3. The van der Waals surface area contributed by atoms with Crippen molar-refractivity contribution in [2.75, 3.05) is 12.4 Å². The Labute approximate surface area is 260 Å². The lowest BCUT2D eigenvalue weighted by atomic mass is 9.83. The third kappa shape index (κ3) is 7.84. The number of guanidine groups is 1. The van der Waals surface area contributed by atoms with Gasteiger partial charge in [-0.1, -0.05) is 54.1 Å². The first-order valence-electron chi connectivity index (χ1n) is 14.2. The zero-order chi connectivity index (χ0) is 32.3. The molecule has 1 heterocycles. The number of ether oxygens (including phenoxy) is 3. The molecule has 4 rings (SSSR count). The second kappa shape index (κ2) is 13.1. The van der Waals surface area contributed by atoms with Gasteiger partial charge in [-0.25, -0.2) is 18.4 Å². The summed E-state index contributed by atoms with van der Waals surface area (Å²) >= 11 is 6.77. The maximum atomic E-state index is 14.4. The van der Waals surface area contributed by atoms with Crippen molar-refractivity contribution in [2.45, 2.75) is 89.2 Å². The van der Waals surface area contributed by atoms with Crippen molar-refractivity contribution >= 4 is 41.3 Å². The topological polar surface area (TPSA) is 119 Å². The average molecular weight is 635 g/mol. The summed E-state index contributed by atoms with van der Waals surface area (Å²) in [6.07, 6.45) is -3.96. The molecule has 3 amide bonds. The molecule has 1 aliphatic carbocycles. The number of methoxy groups -OCH3 is 1. The van der Waals surface area contributed by atoms with Gasteiger partial charge in [0.1, 0.15) is 18.3 Å². The zero-order valence-corrected chi connectivity index (χ0v) is 26.0. The summed E-state index contributed by atoms with van der Waals surface area (Å²) in [6, 6.07) is 13.3. The van der Waals surface area contributed by atoms with E-state index in [9.17, 15) is 23.2 Å². The number of hydrogen-bond donors (Lipinski definition) is 2.